The van der Waals surface area contributed by atoms with Gasteiger partial charge in [0.15, 0.2) is 0 Å². The third-order valence-corrected chi connectivity index (χ3v) is 2.31. The van der Waals surface area contributed by atoms with E-state index in [1.54, 1.807) is 12.1 Å². The van der Waals surface area contributed by atoms with Crippen molar-refractivity contribution in [2.45, 2.75) is 6.92 Å². The minimum absolute atomic E-state index is 0. The normalized spacial score (nSPS) is 10.4. The van der Waals surface area contributed by atoms with Gasteiger partial charge in [-0.05, 0) is 24.6 Å². The molecule has 0 unspecified atom stereocenters. The fourth-order valence-corrected chi connectivity index (χ4v) is 1.47. The third-order valence-electron chi connectivity index (χ3n) is 1.80. The summed E-state index contributed by atoms with van der Waals surface area (Å²) < 4.78 is 34.7. The molecule has 0 aliphatic heterocycles. The maximum absolute atomic E-state index is 10.5. The summed E-state index contributed by atoms with van der Waals surface area (Å²) in [4.78, 5) is 0. The minimum atomic E-state index is -4.03. The molecule has 1 aromatic rings. The molecule has 0 spiro atoms. The van der Waals surface area contributed by atoms with Gasteiger partial charge < -0.3 is 10.1 Å². The molecule has 0 saturated heterocycles. The van der Waals surface area contributed by atoms with Crippen LogP contribution in [-0.4, -0.2) is 26.0 Å². The first-order valence-corrected chi connectivity index (χ1v) is 5.87. The van der Waals surface area contributed by atoms with Crippen LogP contribution in [0.3, 0.4) is 0 Å². The molecule has 0 saturated carbocycles. The van der Waals surface area contributed by atoms with Gasteiger partial charge in [0.25, 0.3) is 10.1 Å². The standard InChI is InChI=1S/C9H13NO4S.Na/c1-7-3-4-9(14-2)8(5-7)10-6-15(11,12)13;/h3-5,10H,6H2,1-2H3,(H,11,12,13);/q;+1. The molecule has 5 nitrogen and oxygen atoms in total. The molecule has 0 aliphatic rings. The molecule has 7 heteroatoms. The SMILES string of the molecule is COc1ccc(C)cc1NCS(=O)(=O)O.[Na+]. The summed E-state index contributed by atoms with van der Waals surface area (Å²) in [6, 6.07) is 5.31. The number of nitrogens with one attached hydrogen (secondary N) is 1. The maximum atomic E-state index is 10.5. The molecule has 1 aromatic carbocycles. The van der Waals surface area contributed by atoms with Crippen molar-refractivity contribution in [3.63, 3.8) is 0 Å². The van der Waals surface area contributed by atoms with Crippen molar-refractivity contribution in [1.29, 1.82) is 0 Å². The fraction of sp³-hybridized carbons (Fsp3) is 0.333. The van der Waals surface area contributed by atoms with E-state index in [1.165, 1.54) is 7.11 Å². The predicted octanol–water partition coefficient (Wildman–Crippen LogP) is -1.74. The zero-order chi connectivity index (χ0) is 11.5. The van der Waals surface area contributed by atoms with Crippen LogP contribution in [0.4, 0.5) is 5.69 Å². The smallest absolute Gasteiger partial charge is 0.495 e. The van der Waals surface area contributed by atoms with Crippen LogP contribution in [0, 0.1) is 6.92 Å². The first kappa shape index (κ1) is 15.7. The Labute approximate surface area is 117 Å². The molecule has 0 radical (unpaired) electrons. The molecular formula is C9H13NNaO4S+. The molecule has 0 fully saturated rings. The Morgan fingerprint density at radius 2 is 2.06 bits per heavy atom. The van der Waals surface area contributed by atoms with Crippen LogP contribution in [0.25, 0.3) is 0 Å². The summed E-state index contributed by atoms with van der Waals surface area (Å²) >= 11 is 0. The van der Waals surface area contributed by atoms with Gasteiger partial charge in [0.2, 0.25) is 0 Å². The van der Waals surface area contributed by atoms with Gasteiger partial charge in [0.05, 0.1) is 12.8 Å². The molecule has 1 rings (SSSR count). The summed E-state index contributed by atoms with van der Waals surface area (Å²) in [5, 5.41) is 2.58. The van der Waals surface area contributed by atoms with Crippen LogP contribution in [0.5, 0.6) is 5.75 Å². The first-order chi connectivity index (χ1) is 6.92. The topological polar surface area (TPSA) is 75.6 Å². The van der Waals surface area contributed by atoms with Gasteiger partial charge >= 0.3 is 29.6 Å². The van der Waals surface area contributed by atoms with Gasteiger partial charge in [0.1, 0.15) is 11.6 Å². The van der Waals surface area contributed by atoms with Crippen molar-refractivity contribution in [3.05, 3.63) is 23.8 Å². The van der Waals surface area contributed by atoms with E-state index < -0.39 is 16.0 Å². The van der Waals surface area contributed by atoms with Crippen LogP contribution in [0.1, 0.15) is 5.56 Å². The van der Waals surface area contributed by atoms with Crippen LogP contribution in [-0.2, 0) is 10.1 Å². The van der Waals surface area contributed by atoms with E-state index >= 15 is 0 Å². The molecule has 0 aliphatic carbocycles. The molecule has 2 N–H and O–H groups in total. The van der Waals surface area contributed by atoms with Gasteiger partial charge in [0, 0.05) is 0 Å². The first-order valence-electron chi connectivity index (χ1n) is 4.26. The van der Waals surface area contributed by atoms with E-state index in [2.05, 4.69) is 5.32 Å². The van der Waals surface area contributed by atoms with Crippen molar-refractivity contribution >= 4 is 15.8 Å². The quantitative estimate of drug-likeness (QED) is 0.493. The van der Waals surface area contributed by atoms with Crippen LogP contribution in [0.2, 0.25) is 0 Å². The Morgan fingerprint density at radius 1 is 1.44 bits per heavy atom. The number of rotatable bonds is 4. The molecule has 0 aromatic heterocycles. The number of hydrogen-bond donors (Lipinski definition) is 2. The molecule has 84 valence electrons. The maximum Gasteiger partial charge on any atom is 1.00 e. The van der Waals surface area contributed by atoms with E-state index in [-0.39, 0.29) is 29.6 Å². The minimum Gasteiger partial charge on any atom is -0.495 e. The molecule has 16 heavy (non-hydrogen) atoms. The van der Waals surface area contributed by atoms with Gasteiger partial charge in [-0.3, -0.25) is 4.55 Å². The van der Waals surface area contributed by atoms with E-state index in [1.807, 2.05) is 13.0 Å². The molecular weight excluding hydrogens is 241 g/mol. The van der Waals surface area contributed by atoms with Gasteiger partial charge in [-0.1, -0.05) is 6.07 Å². The largest absolute Gasteiger partial charge is 1.00 e. The zero-order valence-electron chi connectivity index (χ0n) is 9.52. The van der Waals surface area contributed by atoms with Crippen molar-refractivity contribution < 1.29 is 47.3 Å². The summed E-state index contributed by atoms with van der Waals surface area (Å²) in [7, 11) is -2.54. The van der Waals surface area contributed by atoms with Gasteiger partial charge in [-0.15, -0.1) is 0 Å². The van der Waals surface area contributed by atoms with Crippen molar-refractivity contribution in [3.8, 4) is 5.75 Å². The Morgan fingerprint density at radius 3 is 2.56 bits per heavy atom. The Hall–Kier alpha value is -0.270. The second kappa shape index (κ2) is 6.46. The van der Waals surface area contributed by atoms with E-state index in [4.69, 9.17) is 9.29 Å². The molecule has 0 amide bonds. The van der Waals surface area contributed by atoms with Gasteiger partial charge in [-0.2, -0.15) is 8.42 Å². The second-order valence-corrected chi connectivity index (χ2v) is 4.56. The van der Waals surface area contributed by atoms with Crippen molar-refractivity contribution in [1.82, 2.24) is 0 Å². The summed E-state index contributed by atoms with van der Waals surface area (Å²) in [6.45, 7) is 1.87. The molecule has 0 heterocycles. The Kier molecular flexibility index (Phi) is 6.35. The van der Waals surface area contributed by atoms with Crippen LogP contribution in [0.15, 0.2) is 18.2 Å². The number of anilines is 1. The average molecular weight is 254 g/mol. The zero-order valence-corrected chi connectivity index (χ0v) is 12.3. The number of hydrogen-bond acceptors (Lipinski definition) is 4. The summed E-state index contributed by atoms with van der Waals surface area (Å²) in [6.07, 6.45) is 0. The van der Waals surface area contributed by atoms with E-state index in [9.17, 15) is 8.42 Å². The Balaban J connectivity index is 0.00000225. The number of benzene rings is 1. The number of ether oxygens (including phenoxy) is 1. The second-order valence-electron chi connectivity index (χ2n) is 3.11. The fourth-order valence-electron chi connectivity index (χ4n) is 1.13. The van der Waals surface area contributed by atoms with E-state index in [0.29, 0.717) is 11.4 Å². The third kappa shape index (κ3) is 5.18. The predicted molar refractivity (Wildman–Crippen MR) is 57.8 cm³/mol. The Bertz CT molecular complexity index is 447. The monoisotopic (exact) mass is 254 g/mol. The molecule has 0 atom stereocenters. The number of aryl methyl sites for hydroxylation is 1. The summed E-state index contributed by atoms with van der Waals surface area (Å²) in [5.41, 5.74) is 1.50. The van der Waals surface area contributed by atoms with Crippen molar-refractivity contribution in [2.75, 3.05) is 18.3 Å². The number of methoxy groups -OCH3 is 1. The molecule has 0 bridgehead atoms. The van der Waals surface area contributed by atoms with Gasteiger partial charge in [-0.25, -0.2) is 0 Å². The van der Waals surface area contributed by atoms with Crippen LogP contribution >= 0.6 is 0 Å². The van der Waals surface area contributed by atoms with Crippen molar-refractivity contribution in [2.24, 2.45) is 0 Å². The van der Waals surface area contributed by atoms with Crippen LogP contribution < -0.4 is 39.6 Å². The van der Waals surface area contributed by atoms with E-state index in [0.717, 1.165) is 5.56 Å². The summed E-state index contributed by atoms with van der Waals surface area (Å²) in [5.74, 6) is -0.00319. The average Bonchev–Trinajstić information content (AvgIpc) is 2.14.